The number of rotatable bonds is 1. The maximum absolute atomic E-state index is 4.66. The molecule has 86 valence electrons. The zero-order valence-electron chi connectivity index (χ0n) is 9.75. The highest BCUT2D eigenvalue weighted by Crippen LogP contribution is 2.27. The second-order valence-corrected chi connectivity index (χ2v) is 4.44. The molecule has 1 aromatic heterocycles. The predicted molar refractivity (Wildman–Crippen MR) is 63.4 cm³/mol. The first-order chi connectivity index (χ1) is 7.76. The van der Waals surface area contributed by atoms with Crippen molar-refractivity contribution in [2.24, 2.45) is 0 Å². The second-order valence-electron chi connectivity index (χ2n) is 4.44. The Kier molecular flexibility index (Phi) is 2.21. The molecule has 1 aromatic rings. The van der Waals surface area contributed by atoms with Gasteiger partial charge in [0.15, 0.2) is 11.6 Å². The standard InChI is InChI=1S/C11H17N5/c1-3-16-5-4-8-9(6-16)15-11-10(14-8)12-7(2)13-11/h7H,3-6H2,1-2H3,(H,12,14)(H,13,15). The Bertz CT molecular complexity index is 417. The maximum atomic E-state index is 4.66. The van der Waals surface area contributed by atoms with Crippen molar-refractivity contribution < 1.29 is 0 Å². The van der Waals surface area contributed by atoms with Crippen molar-refractivity contribution in [3.05, 3.63) is 11.4 Å². The summed E-state index contributed by atoms with van der Waals surface area (Å²) in [5, 5.41) is 6.55. The van der Waals surface area contributed by atoms with Gasteiger partial charge in [-0.25, -0.2) is 9.97 Å². The van der Waals surface area contributed by atoms with Crippen LogP contribution in [0.15, 0.2) is 0 Å². The average molecular weight is 219 g/mol. The molecule has 0 spiro atoms. The number of fused-ring (bicyclic) bond motifs is 2. The molecule has 0 fully saturated rings. The molecule has 0 aromatic carbocycles. The molecule has 3 rings (SSSR count). The van der Waals surface area contributed by atoms with Crippen LogP contribution in [0.1, 0.15) is 25.2 Å². The summed E-state index contributed by atoms with van der Waals surface area (Å²) in [6.45, 7) is 7.37. The molecular weight excluding hydrogens is 202 g/mol. The van der Waals surface area contributed by atoms with Crippen molar-refractivity contribution in [1.29, 1.82) is 0 Å². The first kappa shape index (κ1) is 9.84. The molecule has 16 heavy (non-hydrogen) atoms. The zero-order valence-corrected chi connectivity index (χ0v) is 9.75. The van der Waals surface area contributed by atoms with E-state index in [1.54, 1.807) is 0 Å². The summed E-state index contributed by atoms with van der Waals surface area (Å²) in [4.78, 5) is 11.7. The third-order valence-electron chi connectivity index (χ3n) is 3.24. The SMILES string of the molecule is CCN1CCc2nc3c(nc2C1)NC(C)N3. The fourth-order valence-corrected chi connectivity index (χ4v) is 2.30. The Balaban J connectivity index is 1.95. The second kappa shape index (κ2) is 3.59. The fraction of sp³-hybridized carbons (Fsp3) is 0.636. The predicted octanol–water partition coefficient (Wildman–Crippen LogP) is 1.04. The molecule has 2 N–H and O–H groups in total. The topological polar surface area (TPSA) is 53.1 Å². The molecule has 2 aliphatic heterocycles. The maximum Gasteiger partial charge on any atom is 0.171 e. The van der Waals surface area contributed by atoms with Gasteiger partial charge in [0.2, 0.25) is 0 Å². The first-order valence-electron chi connectivity index (χ1n) is 5.91. The van der Waals surface area contributed by atoms with Crippen LogP contribution in [0, 0.1) is 0 Å². The normalized spacial score (nSPS) is 23.2. The van der Waals surface area contributed by atoms with Crippen molar-refractivity contribution in [3.8, 4) is 0 Å². The van der Waals surface area contributed by atoms with Crippen LogP contribution in [0.25, 0.3) is 0 Å². The number of hydrogen-bond acceptors (Lipinski definition) is 5. The van der Waals surface area contributed by atoms with E-state index < -0.39 is 0 Å². The van der Waals surface area contributed by atoms with E-state index >= 15 is 0 Å². The van der Waals surface area contributed by atoms with Gasteiger partial charge in [-0.1, -0.05) is 6.92 Å². The zero-order chi connectivity index (χ0) is 11.1. The van der Waals surface area contributed by atoms with Crippen LogP contribution >= 0.6 is 0 Å². The van der Waals surface area contributed by atoms with Gasteiger partial charge in [0, 0.05) is 19.5 Å². The largest absolute Gasteiger partial charge is 0.347 e. The molecule has 5 heteroatoms. The van der Waals surface area contributed by atoms with E-state index in [1.807, 2.05) is 0 Å². The Morgan fingerprint density at radius 3 is 2.62 bits per heavy atom. The Labute approximate surface area is 95.3 Å². The average Bonchev–Trinajstić information content (AvgIpc) is 2.64. The summed E-state index contributed by atoms with van der Waals surface area (Å²) in [7, 11) is 0. The van der Waals surface area contributed by atoms with Gasteiger partial charge in [-0.05, 0) is 13.5 Å². The van der Waals surface area contributed by atoms with Crippen LogP contribution in [0.2, 0.25) is 0 Å². The van der Waals surface area contributed by atoms with Crippen LogP contribution in [0.4, 0.5) is 11.6 Å². The molecule has 0 radical (unpaired) electrons. The van der Waals surface area contributed by atoms with Crippen molar-refractivity contribution in [3.63, 3.8) is 0 Å². The van der Waals surface area contributed by atoms with Crippen LogP contribution < -0.4 is 10.6 Å². The van der Waals surface area contributed by atoms with Gasteiger partial charge in [0.25, 0.3) is 0 Å². The summed E-state index contributed by atoms with van der Waals surface area (Å²) in [6, 6.07) is 0. The minimum absolute atomic E-state index is 0.237. The molecule has 3 heterocycles. The molecule has 0 bridgehead atoms. The van der Waals surface area contributed by atoms with Gasteiger partial charge in [0.1, 0.15) is 0 Å². The smallest absolute Gasteiger partial charge is 0.171 e. The van der Waals surface area contributed by atoms with Crippen LogP contribution in [0.5, 0.6) is 0 Å². The van der Waals surface area contributed by atoms with Crippen LogP contribution in [0.3, 0.4) is 0 Å². The lowest BCUT2D eigenvalue weighted by atomic mass is 10.1. The number of nitrogens with one attached hydrogen (secondary N) is 2. The van der Waals surface area contributed by atoms with E-state index in [0.29, 0.717) is 0 Å². The molecule has 0 saturated heterocycles. The third kappa shape index (κ3) is 1.51. The van der Waals surface area contributed by atoms with Gasteiger partial charge in [-0.2, -0.15) is 0 Å². The molecule has 2 aliphatic rings. The fourth-order valence-electron chi connectivity index (χ4n) is 2.30. The number of aromatic nitrogens is 2. The summed E-state index contributed by atoms with van der Waals surface area (Å²) in [5.41, 5.74) is 2.29. The molecule has 5 nitrogen and oxygen atoms in total. The van der Waals surface area contributed by atoms with Gasteiger partial charge >= 0.3 is 0 Å². The van der Waals surface area contributed by atoms with E-state index in [4.69, 9.17) is 0 Å². The molecule has 0 saturated carbocycles. The molecule has 0 amide bonds. The Morgan fingerprint density at radius 2 is 1.94 bits per heavy atom. The van der Waals surface area contributed by atoms with Gasteiger partial charge in [-0.3, -0.25) is 4.90 Å². The Hall–Kier alpha value is -1.36. The summed E-state index contributed by atoms with van der Waals surface area (Å²) in [5.74, 6) is 1.82. The number of likely N-dealkylation sites (N-methyl/N-ethyl adjacent to an activating group) is 1. The van der Waals surface area contributed by atoms with Crippen molar-refractivity contribution in [1.82, 2.24) is 14.9 Å². The van der Waals surface area contributed by atoms with Crippen molar-refractivity contribution in [2.45, 2.75) is 33.0 Å². The molecule has 0 aliphatic carbocycles. The third-order valence-corrected chi connectivity index (χ3v) is 3.24. The molecular formula is C11H17N5. The quantitative estimate of drug-likeness (QED) is 0.739. The highest BCUT2D eigenvalue weighted by molar-refractivity contribution is 5.66. The lowest BCUT2D eigenvalue weighted by Gasteiger charge is -2.26. The van der Waals surface area contributed by atoms with E-state index in [0.717, 1.165) is 49.1 Å². The summed E-state index contributed by atoms with van der Waals surface area (Å²) >= 11 is 0. The highest BCUT2D eigenvalue weighted by atomic mass is 15.3. The number of nitrogens with zero attached hydrogens (tertiary/aromatic N) is 3. The highest BCUT2D eigenvalue weighted by Gasteiger charge is 2.24. The summed E-state index contributed by atoms with van der Waals surface area (Å²) in [6.07, 6.45) is 1.25. The van der Waals surface area contributed by atoms with E-state index in [9.17, 15) is 0 Å². The van der Waals surface area contributed by atoms with Crippen molar-refractivity contribution in [2.75, 3.05) is 23.7 Å². The van der Waals surface area contributed by atoms with E-state index in [1.165, 1.54) is 0 Å². The minimum Gasteiger partial charge on any atom is -0.347 e. The lowest BCUT2D eigenvalue weighted by Crippen LogP contribution is -2.31. The molecule has 1 unspecified atom stereocenters. The molecule has 1 atom stereocenters. The Morgan fingerprint density at radius 1 is 1.25 bits per heavy atom. The van der Waals surface area contributed by atoms with E-state index in [-0.39, 0.29) is 6.17 Å². The van der Waals surface area contributed by atoms with Gasteiger partial charge in [0.05, 0.1) is 17.6 Å². The van der Waals surface area contributed by atoms with Crippen molar-refractivity contribution >= 4 is 11.6 Å². The number of anilines is 2. The lowest BCUT2D eigenvalue weighted by molar-refractivity contribution is 0.261. The first-order valence-corrected chi connectivity index (χ1v) is 5.91. The van der Waals surface area contributed by atoms with Crippen LogP contribution in [-0.2, 0) is 13.0 Å². The monoisotopic (exact) mass is 219 g/mol. The van der Waals surface area contributed by atoms with E-state index in [2.05, 4.69) is 39.3 Å². The minimum atomic E-state index is 0.237. The van der Waals surface area contributed by atoms with Crippen LogP contribution in [-0.4, -0.2) is 34.1 Å². The summed E-state index contributed by atoms with van der Waals surface area (Å²) < 4.78 is 0. The van der Waals surface area contributed by atoms with Gasteiger partial charge < -0.3 is 10.6 Å². The van der Waals surface area contributed by atoms with Gasteiger partial charge in [-0.15, -0.1) is 0 Å². The number of hydrogen-bond donors (Lipinski definition) is 2.